The standard InChI is InChI=1S/C24H23F4N7OS/c1-29-22(36)18-6-3-9-20(32-18)30-11-4-7-19-23(37-24(26,27)28)35-12-5-8-17(21(35)33-19)31-16-10-13-34(2)14-15(16)25/h3,5-6,8-9,12,15H,10-11,13-14H2,1-2H3,(H,29,36)(H,30,32)/t15-/m0/s1. The third-order valence-corrected chi connectivity index (χ3v) is 6.23. The third kappa shape index (κ3) is 6.58. The fourth-order valence-electron chi connectivity index (χ4n) is 3.67. The lowest BCUT2D eigenvalue weighted by Crippen LogP contribution is -2.39. The highest BCUT2D eigenvalue weighted by Crippen LogP contribution is 2.40. The van der Waals surface area contributed by atoms with Gasteiger partial charge in [0.2, 0.25) is 0 Å². The van der Waals surface area contributed by atoms with Gasteiger partial charge in [-0.05, 0) is 37.2 Å². The number of imidazole rings is 1. The highest BCUT2D eigenvalue weighted by atomic mass is 32.2. The minimum atomic E-state index is -4.57. The fourth-order valence-corrected chi connectivity index (χ4v) is 4.33. The second kappa shape index (κ2) is 11.2. The first-order chi connectivity index (χ1) is 17.6. The van der Waals surface area contributed by atoms with Gasteiger partial charge >= 0.3 is 5.51 Å². The Balaban J connectivity index is 1.63. The Hall–Kier alpha value is -3.63. The van der Waals surface area contributed by atoms with Crippen LogP contribution in [0, 0.1) is 11.8 Å². The van der Waals surface area contributed by atoms with Crippen LogP contribution in [0.5, 0.6) is 0 Å². The Labute approximate surface area is 214 Å². The second-order valence-corrected chi connectivity index (χ2v) is 9.18. The first-order valence-corrected chi connectivity index (χ1v) is 12.0. The maximum absolute atomic E-state index is 14.5. The second-order valence-electron chi connectivity index (χ2n) is 8.13. The maximum Gasteiger partial charge on any atom is 0.447 e. The van der Waals surface area contributed by atoms with Crippen LogP contribution in [0.25, 0.3) is 5.65 Å². The van der Waals surface area contributed by atoms with Crippen LogP contribution >= 0.6 is 11.8 Å². The van der Waals surface area contributed by atoms with Crippen LogP contribution in [0.4, 0.5) is 29.1 Å². The Morgan fingerprint density at radius 3 is 2.81 bits per heavy atom. The van der Waals surface area contributed by atoms with E-state index in [9.17, 15) is 22.4 Å². The predicted octanol–water partition coefficient (Wildman–Crippen LogP) is 3.91. The van der Waals surface area contributed by atoms with Crippen molar-refractivity contribution in [2.45, 2.75) is 23.1 Å². The van der Waals surface area contributed by atoms with Gasteiger partial charge in [0.1, 0.15) is 27.9 Å². The van der Waals surface area contributed by atoms with Gasteiger partial charge < -0.3 is 15.5 Å². The molecule has 3 aromatic rings. The number of nitrogens with zero attached hydrogens (tertiary/aromatic N) is 5. The summed E-state index contributed by atoms with van der Waals surface area (Å²) in [6.07, 6.45) is 0.593. The molecule has 194 valence electrons. The zero-order valence-electron chi connectivity index (χ0n) is 19.9. The van der Waals surface area contributed by atoms with Gasteiger partial charge in [-0.3, -0.25) is 14.2 Å². The lowest BCUT2D eigenvalue weighted by atomic mass is 10.1. The van der Waals surface area contributed by atoms with Gasteiger partial charge in [-0.15, -0.1) is 0 Å². The monoisotopic (exact) mass is 533 g/mol. The van der Waals surface area contributed by atoms with E-state index in [4.69, 9.17) is 0 Å². The molecule has 1 fully saturated rings. The lowest BCUT2D eigenvalue weighted by molar-refractivity contribution is -0.0330. The van der Waals surface area contributed by atoms with Crippen LogP contribution < -0.4 is 10.6 Å². The number of hydrogen-bond donors (Lipinski definition) is 2. The van der Waals surface area contributed by atoms with E-state index < -0.39 is 11.7 Å². The van der Waals surface area contributed by atoms with E-state index in [0.29, 0.717) is 24.5 Å². The highest BCUT2D eigenvalue weighted by Gasteiger charge is 2.33. The van der Waals surface area contributed by atoms with Gasteiger partial charge in [-0.2, -0.15) is 13.2 Å². The summed E-state index contributed by atoms with van der Waals surface area (Å²) in [7, 11) is 3.30. The number of amides is 1. The van der Waals surface area contributed by atoms with E-state index in [0.717, 1.165) is 0 Å². The van der Waals surface area contributed by atoms with E-state index in [1.165, 1.54) is 17.6 Å². The van der Waals surface area contributed by atoms with Gasteiger partial charge in [0.15, 0.2) is 11.8 Å². The van der Waals surface area contributed by atoms with Crippen LogP contribution in [0.3, 0.4) is 0 Å². The van der Waals surface area contributed by atoms with E-state index in [1.807, 2.05) is 11.9 Å². The number of likely N-dealkylation sites (tertiary alicyclic amines) is 1. The molecule has 0 bridgehead atoms. The SMILES string of the molecule is CNC(=O)c1cccc(NCC#Cc2nc3c(N=C4CCN(C)C[C@@H]4F)cccn3c2SC(F)(F)F)n1. The highest BCUT2D eigenvalue weighted by molar-refractivity contribution is 8.00. The Morgan fingerprint density at radius 2 is 2.08 bits per heavy atom. The first-order valence-electron chi connectivity index (χ1n) is 11.2. The van der Waals surface area contributed by atoms with Crippen molar-refractivity contribution in [2.75, 3.05) is 39.0 Å². The number of aliphatic imine (C=N–C) groups is 1. The van der Waals surface area contributed by atoms with Crippen LogP contribution in [0.2, 0.25) is 0 Å². The molecule has 4 heterocycles. The number of halogens is 4. The van der Waals surface area contributed by atoms with Gasteiger partial charge in [0.05, 0.1) is 12.3 Å². The molecule has 37 heavy (non-hydrogen) atoms. The van der Waals surface area contributed by atoms with E-state index in [2.05, 4.69) is 37.4 Å². The summed E-state index contributed by atoms with van der Waals surface area (Å²) in [6, 6.07) is 7.96. The molecule has 0 aromatic carbocycles. The molecular formula is C24H23F4N7OS. The number of hydrogen-bond acceptors (Lipinski definition) is 7. The fraction of sp³-hybridized carbons (Fsp3) is 0.333. The number of nitrogens with one attached hydrogen (secondary N) is 2. The summed E-state index contributed by atoms with van der Waals surface area (Å²) < 4.78 is 55.9. The van der Waals surface area contributed by atoms with Crippen molar-refractivity contribution in [3.8, 4) is 11.8 Å². The van der Waals surface area contributed by atoms with Crippen molar-refractivity contribution in [3.05, 3.63) is 47.9 Å². The molecule has 13 heteroatoms. The lowest BCUT2D eigenvalue weighted by Gasteiger charge is -2.26. The molecule has 1 amide bonds. The molecule has 0 spiro atoms. The van der Waals surface area contributed by atoms with Crippen LogP contribution in [-0.2, 0) is 0 Å². The van der Waals surface area contributed by atoms with Gasteiger partial charge in [-0.25, -0.2) is 14.4 Å². The van der Waals surface area contributed by atoms with Crippen molar-refractivity contribution < 1.29 is 22.4 Å². The summed E-state index contributed by atoms with van der Waals surface area (Å²) in [5.74, 6) is 5.47. The zero-order chi connectivity index (χ0) is 26.6. The summed E-state index contributed by atoms with van der Waals surface area (Å²) in [4.78, 5) is 26.5. The number of piperidine rings is 1. The predicted molar refractivity (Wildman–Crippen MR) is 134 cm³/mol. The van der Waals surface area contributed by atoms with Crippen LogP contribution in [-0.4, -0.2) is 76.3 Å². The molecule has 0 saturated carbocycles. The number of carbonyl (C=O) groups is 1. The number of anilines is 1. The van der Waals surface area contributed by atoms with Gasteiger partial charge in [0.25, 0.3) is 5.91 Å². The van der Waals surface area contributed by atoms with Crippen molar-refractivity contribution in [1.82, 2.24) is 24.6 Å². The normalized spacial score (nSPS) is 17.5. The van der Waals surface area contributed by atoms with E-state index in [-0.39, 0.29) is 58.5 Å². The summed E-state index contributed by atoms with van der Waals surface area (Å²) in [5, 5.41) is 5.18. The van der Waals surface area contributed by atoms with E-state index >= 15 is 0 Å². The Bertz CT molecular complexity index is 1390. The smallest absolute Gasteiger partial charge is 0.359 e. The molecule has 2 N–H and O–H groups in total. The number of rotatable bonds is 5. The molecule has 0 aliphatic carbocycles. The topological polar surface area (TPSA) is 86.9 Å². The molecular weight excluding hydrogens is 510 g/mol. The number of aromatic nitrogens is 3. The van der Waals surface area contributed by atoms with Crippen LogP contribution in [0.1, 0.15) is 22.6 Å². The third-order valence-electron chi connectivity index (χ3n) is 5.42. The van der Waals surface area contributed by atoms with Crippen molar-refractivity contribution in [1.29, 1.82) is 0 Å². The summed E-state index contributed by atoms with van der Waals surface area (Å²) >= 11 is -0.327. The molecule has 8 nitrogen and oxygen atoms in total. The number of alkyl halides is 4. The number of thioether (sulfide) groups is 1. The number of pyridine rings is 2. The quantitative estimate of drug-likeness (QED) is 0.294. The molecule has 0 unspecified atom stereocenters. The average Bonchev–Trinajstić information content (AvgIpc) is 3.20. The molecule has 3 aromatic heterocycles. The minimum Gasteiger partial charge on any atom is -0.359 e. The maximum atomic E-state index is 14.5. The van der Waals surface area contributed by atoms with Crippen molar-refractivity contribution in [2.24, 2.45) is 4.99 Å². The van der Waals surface area contributed by atoms with E-state index in [1.54, 1.807) is 30.3 Å². The largest absolute Gasteiger partial charge is 0.447 e. The van der Waals surface area contributed by atoms with Crippen molar-refractivity contribution >= 4 is 40.5 Å². The molecule has 1 saturated heterocycles. The molecule has 1 atom stereocenters. The summed E-state index contributed by atoms with van der Waals surface area (Å²) in [5.41, 5.74) is -3.68. The zero-order valence-corrected chi connectivity index (χ0v) is 20.8. The van der Waals surface area contributed by atoms with Crippen LogP contribution in [0.15, 0.2) is 46.5 Å². The Morgan fingerprint density at radius 1 is 1.27 bits per heavy atom. The number of fused-ring (bicyclic) bond motifs is 1. The number of carbonyl (C=O) groups excluding carboxylic acids is 1. The molecule has 4 rings (SSSR count). The molecule has 1 aliphatic heterocycles. The molecule has 1 aliphatic rings. The molecule has 0 radical (unpaired) electrons. The average molecular weight is 534 g/mol. The minimum absolute atomic E-state index is 0.0421. The Kier molecular flexibility index (Phi) is 7.99. The van der Waals surface area contributed by atoms with Crippen molar-refractivity contribution in [3.63, 3.8) is 0 Å². The van der Waals surface area contributed by atoms with Gasteiger partial charge in [0, 0.05) is 44.5 Å². The summed E-state index contributed by atoms with van der Waals surface area (Å²) in [6.45, 7) is 0.882. The first kappa shape index (κ1) is 26.4. The van der Waals surface area contributed by atoms with Gasteiger partial charge in [-0.1, -0.05) is 12.0 Å².